The molecule has 1 aromatic heterocycles. The van der Waals surface area contributed by atoms with Crippen LogP contribution >= 0.6 is 0 Å². The first-order valence-electron chi connectivity index (χ1n) is 9.17. The Bertz CT molecular complexity index is 921. The van der Waals surface area contributed by atoms with E-state index < -0.39 is 24.6 Å². The number of ether oxygens (including phenoxy) is 1. The Balaban J connectivity index is 1.98. The molecule has 0 radical (unpaired) electrons. The first-order valence-corrected chi connectivity index (χ1v) is 9.17. The van der Waals surface area contributed by atoms with Crippen molar-refractivity contribution in [3.63, 3.8) is 0 Å². The van der Waals surface area contributed by atoms with Gasteiger partial charge in [0.15, 0.2) is 0 Å². The van der Waals surface area contributed by atoms with Gasteiger partial charge in [-0.25, -0.2) is 4.39 Å². The molecule has 2 N–H and O–H groups in total. The molecular formula is C21H23BFNO4. The number of carbonyl (C=O) groups excluding carboxylic acids is 1. The van der Waals surface area contributed by atoms with E-state index in [0.717, 1.165) is 5.56 Å². The second-order valence-electron chi connectivity index (χ2n) is 7.95. The highest BCUT2D eigenvalue weighted by Gasteiger charge is 2.33. The molecular weight excluding hydrogens is 360 g/mol. The predicted octanol–water partition coefficient (Wildman–Crippen LogP) is 3.19. The lowest BCUT2D eigenvalue weighted by Crippen LogP contribution is -2.31. The van der Waals surface area contributed by atoms with Crippen LogP contribution in [0, 0.1) is 11.7 Å². The van der Waals surface area contributed by atoms with Crippen LogP contribution < -0.4 is 0 Å². The Labute approximate surface area is 164 Å². The minimum Gasteiger partial charge on any atom is -0.460 e. The van der Waals surface area contributed by atoms with Gasteiger partial charge in [-0.05, 0) is 55.8 Å². The molecule has 5 nitrogen and oxygen atoms in total. The van der Waals surface area contributed by atoms with Crippen LogP contribution in [0.1, 0.15) is 38.3 Å². The summed E-state index contributed by atoms with van der Waals surface area (Å²) in [5.74, 6) is -1.22. The van der Waals surface area contributed by atoms with Crippen molar-refractivity contribution in [2.75, 3.05) is 0 Å². The van der Waals surface area contributed by atoms with E-state index in [2.05, 4.69) is 4.98 Å². The highest BCUT2D eigenvalue weighted by Crippen LogP contribution is 2.37. The van der Waals surface area contributed by atoms with Gasteiger partial charge in [0.1, 0.15) is 11.4 Å². The lowest BCUT2D eigenvalue weighted by Gasteiger charge is -2.28. The number of aromatic nitrogens is 1. The quantitative estimate of drug-likeness (QED) is 0.626. The predicted molar refractivity (Wildman–Crippen MR) is 105 cm³/mol. The van der Waals surface area contributed by atoms with Crippen LogP contribution in [-0.4, -0.2) is 33.7 Å². The van der Waals surface area contributed by atoms with Gasteiger partial charge in [-0.2, -0.15) is 0 Å². The van der Waals surface area contributed by atoms with E-state index in [4.69, 9.17) is 4.74 Å². The Hall–Kier alpha value is -2.51. The number of carbonyl (C=O) groups is 1. The number of allylic oxidation sites excluding steroid dienone is 1. The SMILES string of the molecule is CC(C)(C)OC(=O)C[C@@H]1Cc2cncc(-c3ccccc3F)c2C=C1B(O)O. The number of hydrogen-bond donors (Lipinski definition) is 2. The molecule has 0 saturated carbocycles. The lowest BCUT2D eigenvalue weighted by molar-refractivity contribution is -0.155. The normalized spacial score (nSPS) is 16.2. The van der Waals surface area contributed by atoms with E-state index in [0.29, 0.717) is 28.6 Å². The average Bonchev–Trinajstić information content (AvgIpc) is 2.59. The van der Waals surface area contributed by atoms with Gasteiger partial charge in [0.25, 0.3) is 0 Å². The van der Waals surface area contributed by atoms with Crippen LogP contribution in [-0.2, 0) is 16.0 Å². The molecule has 3 rings (SSSR count). The summed E-state index contributed by atoms with van der Waals surface area (Å²) in [4.78, 5) is 16.5. The third kappa shape index (κ3) is 4.48. The molecule has 1 aliphatic carbocycles. The monoisotopic (exact) mass is 383 g/mol. The molecule has 28 heavy (non-hydrogen) atoms. The number of esters is 1. The molecule has 0 aliphatic heterocycles. The van der Waals surface area contributed by atoms with Crippen molar-refractivity contribution in [3.05, 3.63) is 59.1 Å². The number of rotatable bonds is 4. The Kier molecular flexibility index (Phi) is 5.68. The third-order valence-corrected chi connectivity index (χ3v) is 4.61. The van der Waals surface area contributed by atoms with Gasteiger partial charge >= 0.3 is 13.1 Å². The van der Waals surface area contributed by atoms with E-state index in [1.165, 1.54) is 6.07 Å². The first-order chi connectivity index (χ1) is 13.2. The maximum atomic E-state index is 14.3. The van der Waals surface area contributed by atoms with Gasteiger partial charge in [-0.3, -0.25) is 9.78 Å². The van der Waals surface area contributed by atoms with Crippen molar-refractivity contribution in [2.24, 2.45) is 5.92 Å². The van der Waals surface area contributed by atoms with Crippen molar-refractivity contribution in [1.82, 2.24) is 4.98 Å². The van der Waals surface area contributed by atoms with E-state index in [-0.39, 0.29) is 12.2 Å². The van der Waals surface area contributed by atoms with Gasteiger partial charge in [-0.15, -0.1) is 0 Å². The van der Waals surface area contributed by atoms with Crippen molar-refractivity contribution in [3.8, 4) is 11.1 Å². The summed E-state index contributed by atoms with van der Waals surface area (Å²) in [6.45, 7) is 5.34. The molecule has 1 heterocycles. The van der Waals surface area contributed by atoms with E-state index >= 15 is 0 Å². The Morgan fingerprint density at radius 1 is 1.25 bits per heavy atom. The fourth-order valence-corrected chi connectivity index (χ4v) is 3.47. The van der Waals surface area contributed by atoms with Crippen LogP contribution in [0.3, 0.4) is 0 Å². The lowest BCUT2D eigenvalue weighted by atomic mass is 9.65. The fraction of sp³-hybridized carbons (Fsp3) is 0.333. The molecule has 7 heteroatoms. The van der Waals surface area contributed by atoms with Gasteiger partial charge < -0.3 is 14.8 Å². The van der Waals surface area contributed by atoms with Crippen LogP contribution in [0.4, 0.5) is 4.39 Å². The van der Waals surface area contributed by atoms with Crippen LogP contribution in [0.5, 0.6) is 0 Å². The van der Waals surface area contributed by atoms with Crippen LogP contribution in [0.25, 0.3) is 17.2 Å². The van der Waals surface area contributed by atoms with Crippen molar-refractivity contribution >= 4 is 19.2 Å². The molecule has 0 fully saturated rings. The van der Waals surface area contributed by atoms with Crippen molar-refractivity contribution < 1.29 is 24.0 Å². The van der Waals surface area contributed by atoms with Gasteiger partial charge in [-0.1, -0.05) is 24.3 Å². The molecule has 1 aliphatic rings. The largest absolute Gasteiger partial charge is 0.484 e. The summed E-state index contributed by atoms with van der Waals surface area (Å²) in [6, 6.07) is 6.37. The topological polar surface area (TPSA) is 79.7 Å². The summed E-state index contributed by atoms with van der Waals surface area (Å²) in [6.07, 6.45) is 5.25. The van der Waals surface area contributed by atoms with E-state index in [1.807, 2.05) is 0 Å². The summed E-state index contributed by atoms with van der Waals surface area (Å²) >= 11 is 0. The van der Waals surface area contributed by atoms with E-state index in [9.17, 15) is 19.2 Å². The zero-order chi connectivity index (χ0) is 20.5. The first kappa shape index (κ1) is 20.2. The Morgan fingerprint density at radius 2 is 1.96 bits per heavy atom. The fourth-order valence-electron chi connectivity index (χ4n) is 3.47. The molecule has 0 saturated heterocycles. The molecule has 0 amide bonds. The average molecular weight is 383 g/mol. The highest BCUT2D eigenvalue weighted by atomic mass is 19.1. The second-order valence-corrected chi connectivity index (χ2v) is 7.95. The summed E-state index contributed by atoms with van der Waals surface area (Å²) in [7, 11) is -1.72. The minimum absolute atomic E-state index is 0.0179. The van der Waals surface area contributed by atoms with Gasteiger partial charge in [0.2, 0.25) is 0 Å². The summed E-state index contributed by atoms with van der Waals surface area (Å²) in [5, 5.41) is 19.8. The zero-order valence-electron chi connectivity index (χ0n) is 16.1. The molecule has 1 aromatic carbocycles. The highest BCUT2D eigenvalue weighted by molar-refractivity contribution is 6.52. The number of nitrogens with zero attached hydrogens (tertiary/aromatic N) is 1. The number of hydrogen-bond acceptors (Lipinski definition) is 5. The number of benzene rings is 1. The molecule has 0 unspecified atom stereocenters. The Morgan fingerprint density at radius 3 is 2.61 bits per heavy atom. The van der Waals surface area contributed by atoms with Gasteiger partial charge in [0.05, 0.1) is 6.42 Å². The summed E-state index contributed by atoms with van der Waals surface area (Å²) in [5.41, 5.74) is 2.15. The zero-order valence-corrected chi connectivity index (χ0v) is 16.1. The molecule has 0 spiro atoms. The molecule has 2 aromatic rings. The maximum Gasteiger partial charge on any atom is 0.484 e. The van der Waals surface area contributed by atoms with Gasteiger partial charge in [0, 0.05) is 23.5 Å². The third-order valence-electron chi connectivity index (χ3n) is 4.61. The summed E-state index contributed by atoms with van der Waals surface area (Å²) < 4.78 is 19.7. The van der Waals surface area contributed by atoms with Crippen LogP contribution in [0.15, 0.2) is 42.1 Å². The standard InChI is InChI=1S/C21H23BFNO4/c1-21(2,3)28-20(25)9-13-8-14-11-24-12-17(15-6-4-5-7-19(15)23)16(14)10-18(13)22(26)27/h4-7,10-13,26-27H,8-9H2,1-3H3/t13-/m0/s1. The van der Waals surface area contributed by atoms with Crippen molar-refractivity contribution in [1.29, 1.82) is 0 Å². The van der Waals surface area contributed by atoms with E-state index in [1.54, 1.807) is 57.4 Å². The molecule has 146 valence electrons. The van der Waals surface area contributed by atoms with Crippen LogP contribution in [0.2, 0.25) is 0 Å². The number of halogens is 1. The molecule has 1 atom stereocenters. The van der Waals surface area contributed by atoms with Crippen molar-refractivity contribution in [2.45, 2.75) is 39.2 Å². The second kappa shape index (κ2) is 7.85. The smallest absolute Gasteiger partial charge is 0.460 e. The molecule has 0 bridgehead atoms. The maximum absolute atomic E-state index is 14.3. The number of fused-ring (bicyclic) bond motifs is 1. The number of pyridine rings is 1. The minimum atomic E-state index is -1.72.